The zero-order valence-electron chi connectivity index (χ0n) is 14.3. The van der Waals surface area contributed by atoms with Crippen LogP contribution in [0.3, 0.4) is 0 Å². The molecule has 1 aliphatic carbocycles. The molecule has 0 aromatic carbocycles. The first-order valence-electron chi connectivity index (χ1n) is 8.62. The molecule has 3 aliphatic rings. The maximum Gasteiger partial charge on any atom is 0.335 e. The molecule has 3 rings (SSSR count). The van der Waals surface area contributed by atoms with E-state index in [1.54, 1.807) is 0 Å². The third-order valence-electron chi connectivity index (χ3n) is 5.29. The Kier molecular flexibility index (Phi) is 5.66. The first kappa shape index (κ1) is 19.3. The van der Waals surface area contributed by atoms with Gasteiger partial charge in [0.1, 0.15) is 24.4 Å². The summed E-state index contributed by atoms with van der Waals surface area (Å²) in [5.41, 5.74) is 1.14. The van der Waals surface area contributed by atoms with Gasteiger partial charge in [0.15, 0.2) is 6.29 Å². The lowest BCUT2D eigenvalue weighted by Gasteiger charge is -2.42. The average molecular weight is 372 g/mol. The molecule has 0 saturated carbocycles. The van der Waals surface area contributed by atoms with Crippen LogP contribution in [0.4, 0.5) is 0 Å². The van der Waals surface area contributed by atoms with Crippen LogP contribution in [0.2, 0.25) is 0 Å². The molecule has 0 spiro atoms. The predicted octanol–water partition coefficient (Wildman–Crippen LogP) is -0.900. The third kappa shape index (κ3) is 3.26. The number of carboxylic acid groups (broad SMARTS) is 1. The summed E-state index contributed by atoms with van der Waals surface area (Å²) in [7, 11) is 0. The van der Waals surface area contributed by atoms with Crippen molar-refractivity contribution >= 4 is 5.97 Å². The third-order valence-corrected chi connectivity index (χ3v) is 5.29. The van der Waals surface area contributed by atoms with Crippen LogP contribution in [0.15, 0.2) is 23.5 Å². The second-order valence-corrected chi connectivity index (χ2v) is 6.72. The van der Waals surface area contributed by atoms with Gasteiger partial charge in [0.2, 0.25) is 6.29 Å². The summed E-state index contributed by atoms with van der Waals surface area (Å²) in [6, 6.07) is 0. The van der Waals surface area contributed by atoms with Gasteiger partial charge in [-0.3, -0.25) is 0 Å². The fourth-order valence-corrected chi connectivity index (χ4v) is 3.83. The summed E-state index contributed by atoms with van der Waals surface area (Å²) in [5.74, 6) is -1.73. The van der Waals surface area contributed by atoms with Gasteiger partial charge < -0.3 is 39.7 Å². The molecule has 2 aliphatic heterocycles. The van der Waals surface area contributed by atoms with E-state index in [0.717, 1.165) is 11.8 Å². The van der Waals surface area contributed by atoms with Crippen LogP contribution in [0.25, 0.3) is 0 Å². The highest BCUT2D eigenvalue weighted by atomic mass is 16.8. The number of carbonyl (C=O) groups is 1. The Hall–Kier alpha value is -1.49. The topological polar surface area (TPSA) is 146 Å². The summed E-state index contributed by atoms with van der Waals surface area (Å²) < 4.78 is 16.5. The van der Waals surface area contributed by atoms with Crippen molar-refractivity contribution in [2.45, 2.75) is 56.8 Å². The molecular formula is C17H24O9. The van der Waals surface area contributed by atoms with Gasteiger partial charge >= 0.3 is 5.97 Å². The Balaban J connectivity index is 1.80. The second kappa shape index (κ2) is 7.63. The minimum absolute atomic E-state index is 0.156. The van der Waals surface area contributed by atoms with Crippen LogP contribution >= 0.6 is 0 Å². The van der Waals surface area contributed by atoms with E-state index in [1.165, 1.54) is 0 Å². The highest BCUT2D eigenvalue weighted by Gasteiger charge is 2.49. The number of hydrogen-bond acceptors (Lipinski definition) is 8. The van der Waals surface area contributed by atoms with Gasteiger partial charge in [0.25, 0.3) is 0 Å². The normalized spacial score (nSPS) is 42.5. The summed E-state index contributed by atoms with van der Waals surface area (Å²) in [4.78, 5) is 11.4. The molecule has 1 saturated heterocycles. The second-order valence-electron chi connectivity index (χ2n) is 6.72. The minimum atomic E-state index is -1.56. The molecule has 2 heterocycles. The van der Waals surface area contributed by atoms with Crippen molar-refractivity contribution in [2.24, 2.45) is 11.8 Å². The van der Waals surface area contributed by atoms with Gasteiger partial charge in [-0.2, -0.15) is 0 Å². The van der Waals surface area contributed by atoms with Crippen molar-refractivity contribution in [1.82, 2.24) is 0 Å². The van der Waals surface area contributed by atoms with Crippen molar-refractivity contribution in [3.05, 3.63) is 23.5 Å². The summed E-state index contributed by atoms with van der Waals surface area (Å²) in [6.07, 6.45) is -3.59. The first-order chi connectivity index (χ1) is 12.4. The largest absolute Gasteiger partial charge is 0.478 e. The molecule has 9 heteroatoms. The molecule has 26 heavy (non-hydrogen) atoms. The molecule has 0 bridgehead atoms. The first-order valence-corrected chi connectivity index (χ1v) is 8.62. The lowest BCUT2D eigenvalue weighted by atomic mass is 9.83. The SMILES string of the molecule is CCC1=CCC2C(C(=O)O)=COC(OC3OC(CO)C(O)C(O)C3O)C12. The molecule has 1 fully saturated rings. The molecule has 146 valence electrons. The van der Waals surface area contributed by atoms with Crippen LogP contribution in [0.5, 0.6) is 0 Å². The molecule has 0 aromatic heterocycles. The number of rotatable bonds is 5. The highest BCUT2D eigenvalue weighted by Crippen LogP contribution is 2.45. The lowest BCUT2D eigenvalue weighted by molar-refractivity contribution is -0.339. The Bertz CT molecular complexity index is 599. The minimum Gasteiger partial charge on any atom is -0.478 e. The maximum atomic E-state index is 11.4. The van der Waals surface area contributed by atoms with Crippen molar-refractivity contribution in [2.75, 3.05) is 6.61 Å². The number of hydrogen-bond donors (Lipinski definition) is 5. The number of carboxylic acids is 1. The molecule has 8 unspecified atom stereocenters. The molecule has 9 nitrogen and oxygen atoms in total. The Labute approximate surface area is 150 Å². The van der Waals surface area contributed by atoms with Gasteiger partial charge in [-0.05, 0) is 12.8 Å². The molecule has 0 aromatic rings. The number of aliphatic carboxylic acids is 1. The zero-order chi connectivity index (χ0) is 19.0. The Morgan fingerprint density at radius 2 is 1.96 bits per heavy atom. The highest BCUT2D eigenvalue weighted by molar-refractivity contribution is 5.87. The number of ether oxygens (including phenoxy) is 3. The zero-order valence-corrected chi connectivity index (χ0v) is 14.3. The van der Waals surface area contributed by atoms with E-state index in [0.29, 0.717) is 12.8 Å². The van der Waals surface area contributed by atoms with Crippen LogP contribution in [0, 0.1) is 11.8 Å². The summed E-state index contributed by atoms with van der Waals surface area (Å²) >= 11 is 0. The average Bonchev–Trinajstić information content (AvgIpc) is 3.06. The maximum absolute atomic E-state index is 11.4. The van der Waals surface area contributed by atoms with E-state index in [-0.39, 0.29) is 17.4 Å². The van der Waals surface area contributed by atoms with Crippen molar-refractivity contribution < 1.29 is 44.5 Å². The number of allylic oxidation sites excluding steroid dienone is 1. The van der Waals surface area contributed by atoms with E-state index < -0.39 is 49.6 Å². The van der Waals surface area contributed by atoms with E-state index in [1.807, 2.05) is 13.0 Å². The van der Waals surface area contributed by atoms with Gasteiger partial charge in [-0.15, -0.1) is 0 Å². The van der Waals surface area contributed by atoms with E-state index in [4.69, 9.17) is 14.2 Å². The fraction of sp³-hybridized carbons (Fsp3) is 0.706. The summed E-state index contributed by atoms with van der Waals surface area (Å²) in [6.45, 7) is 1.38. The molecule has 0 amide bonds. The van der Waals surface area contributed by atoms with E-state index in [2.05, 4.69) is 0 Å². The summed E-state index contributed by atoms with van der Waals surface area (Å²) in [5, 5.41) is 48.5. The van der Waals surface area contributed by atoms with Crippen molar-refractivity contribution in [1.29, 1.82) is 0 Å². The predicted molar refractivity (Wildman–Crippen MR) is 85.4 cm³/mol. The number of aliphatic hydroxyl groups is 4. The quantitative estimate of drug-likeness (QED) is 0.387. The smallest absolute Gasteiger partial charge is 0.335 e. The van der Waals surface area contributed by atoms with E-state index >= 15 is 0 Å². The standard InChI is InChI=1S/C17H24O9/c1-2-7-3-4-8-9(15(22)23)6-24-16(11(7)8)26-17-14(21)13(20)12(19)10(5-18)25-17/h3,6,8,10-14,16-21H,2,4-5H2,1H3,(H,22,23). The lowest BCUT2D eigenvalue weighted by Crippen LogP contribution is -2.60. The molecular weight excluding hydrogens is 348 g/mol. The van der Waals surface area contributed by atoms with Crippen molar-refractivity contribution in [3.8, 4) is 0 Å². The monoisotopic (exact) mass is 372 g/mol. The van der Waals surface area contributed by atoms with Crippen LogP contribution in [-0.4, -0.2) is 75.1 Å². The van der Waals surface area contributed by atoms with Gasteiger partial charge in [-0.1, -0.05) is 18.6 Å². The molecule has 8 atom stereocenters. The molecule has 0 radical (unpaired) electrons. The Morgan fingerprint density at radius 3 is 2.58 bits per heavy atom. The number of aliphatic hydroxyl groups excluding tert-OH is 4. The van der Waals surface area contributed by atoms with Crippen LogP contribution in [-0.2, 0) is 19.0 Å². The fourth-order valence-electron chi connectivity index (χ4n) is 3.83. The van der Waals surface area contributed by atoms with Gasteiger partial charge in [-0.25, -0.2) is 4.79 Å². The van der Waals surface area contributed by atoms with Gasteiger partial charge in [0.05, 0.1) is 24.4 Å². The number of fused-ring (bicyclic) bond motifs is 1. The van der Waals surface area contributed by atoms with Crippen molar-refractivity contribution in [3.63, 3.8) is 0 Å². The Morgan fingerprint density at radius 1 is 1.23 bits per heavy atom. The van der Waals surface area contributed by atoms with Crippen LogP contribution < -0.4 is 0 Å². The van der Waals surface area contributed by atoms with Gasteiger partial charge in [0, 0.05) is 5.92 Å². The van der Waals surface area contributed by atoms with E-state index in [9.17, 15) is 30.3 Å². The van der Waals surface area contributed by atoms with Crippen LogP contribution in [0.1, 0.15) is 19.8 Å². The molecule has 5 N–H and O–H groups in total.